The second-order valence-corrected chi connectivity index (χ2v) is 6.55. The zero-order chi connectivity index (χ0) is 17.0. The van der Waals surface area contributed by atoms with E-state index in [0.717, 1.165) is 25.8 Å². The summed E-state index contributed by atoms with van der Waals surface area (Å²) >= 11 is 0. The van der Waals surface area contributed by atoms with Gasteiger partial charge in [-0.15, -0.1) is 0 Å². The quantitative estimate of drug-likeness (QED) is 0.805. The molecule has 6 heteroatoms. The van der Waals surface area contributed by atoms with Gasteiger partial charge in [-0.1, -0.05) is 34.1 Å². The van der Waals surface area contributed by atoms with E-state index in [1.165, 1.54) is 4.57 Å². The molecule has 1 fully saturated rings. The molecular formula is C17H29N3O3. The number of ether oxygens (including phenoxy) is 1. The van der Waals surface area contributed by atoms with Crippen molar-refractivity contribution in [3.63, 3.8) is 0 Å². The van der Waals surface area contributed by atoms with E-state index in [1.54, 1.807) is 6.20 Å². The molecule has 0 saturated carbocycles. The van der Waals surface area contributed by atoms with Crippen LogP contribution in [-0.2, 0) is 11.3 Å². The van der Waals surface area contributed by atoms with Crippen LogP contribution in [0.25, 0.3) is 0 Å². The molecule has 0 bridgehead atoms. The van der Waals surface area contributed by atoms with E-state index >= 15 is 0 Å². The van der Waals surface area contributed by atoms with Crippen LogP contribution in [0.4, 0.5) is 0 Å². The van der Waals surface area contributed by atoms with Crippen molar-refractivity contribution >= 4 is 0 Å². The minimum absolute atomic E-state index is 0.172. The Kier molecular flexibility index (Phi) is 6.18. The second-order valence-electron chi connectivity index (χ2n) is 6.55. The summed E-state index contributed by atoms with van der Waals surface area (Å²) in [7, 11) is 0. The molecule has 1 aliphatic rings. The van der Waals surface area contributed by atoms with Gasteiger partial charge in [-0.25, -0.2) is 4.79 Å². The van der Waals surface area contributed by atoms with Gasteiger partial charge in [-0.05, 0) is 31.2 Å². The van der Waals surface area contributed by atoms with E-state index in [0.29, 0.717) is 23.9 Å². The third kappa shape index (κ3) is 4.12. The average molecular weight is 323 g/mol. The summed E-state index contributed by atoms with van der Waals surface area (Å²) in [5.74, 6) is 1.06. The molecule has 0 amide bonds. The number of H-pyrrole nitrogens is 1. The molecule has 2 N–H and O–H groups in total. The molecule has 0 aliphatic carbocycles. The van der Waals surface area contributed by atoms with Crippen molar-refractivity contribution in [2.75, 3.05) is 6.54 Å². The van der Waals surface area contributed by atoms with Gasteiger partial charge in [0.15, 0.2) is 0 Å². The molecule has 1 saturated heterocycles. The summed E-state index contributed by atoms with van der Waals surface area (Å²) in [6.45, 7) is 9.84. The highest BCUT2D eigenvalue weighted by Crippen LogP contribution is 2.34. The first-order valence-corrected chi connectivity index (χ1v) is 8.68. The van der Waals surface area contributed by atoms with Crippen molar-refractivity contribution in [2.45, 2.75) is 65.8 Å². The maximum Gasteiger partial charge on any atom is 0.330 e. The predicted molar refractivity (Wildman–Crippen MR) is 90.5 cm³/mol. The SMILES string of the molecule is CCNCc1cn(C2CCC(C(C)C(C)CC)O2)c(=O)[nH]c1=O. The minimum Gasteiger partial charge on any atom is -0.354 e. The average Bonchev–Trinajstić information content (AvgIpc) is 3.02. The van der Waals surface area contributed by atoms with Gasteiger partial charge in [0.2, 0.25) is 0 Å². The van der Waals surface area contributed by atoms with Gasteiger partial charge in [0.1, 0.15) is 6.23 Å². The summed E-state index contributed by atoms with van der Waals surface area (Å²) < 4.78 is 7.67. The third-order valence-corrected chi connectivity index (χ3v) is 5.08. The predicted octanol–water partition coefficient (Wildman–Crippen LogP) is 2.01. The molecule has 23 heavy (non-hydrogen) atoms. The summed E-state index contributed by atoms with van der Waals surface area (Å²) in [5.41, 5.74) is -0.153. The Balaban J connectivity index is 2.16. The number of aromatic nitrogens is 2. The van der Waals surface area contributed by atoms with Crippen LogP contribution >= 0.6 is 0 Å². The van der Waals surface area contributed by atoms with E-state index in [4.69, 9.17) is 4.74 Å². The standard InChI is InChI=1S/C17H29N3O3/c1-5-11(3)12(4)14-7-8-15(23-14)20-10-13(9-18-6-2)16(21)19-17(20)22/h10-12,14-15,18H,5-9H2,1-4H3,(H,19,21,22). The van der Waals surface area contributed by atoms with Gasteiger partial charge < -0.3 is 10.1 Å². The summed E-state index contributed by atoms with van der Waals surface area (Å²) in [4.78, 5) is 26.4. The summed E-state index contributed by atoms with van der Waals surface area (Å²) in [6, 6.07) is 0. The van der Waals surface area contributed by atoms with Crippen LogP contribution in [0.2, 0.25) is 0 Å². The van der Waals surface area contributed by atoms with Gasteiger partial charge in [0.05, 0.1) is 6.10 Å². The smallest absolute Gasteiger partial charge is 0.330 e. The van der Waals surface area contributed by atoms with Crippen molar-refractivity contribution in [3.8, 4) is 0 Å². The van der Waals surface area contributed by atoms with Crippen LogP contribution in [0.15, 0.2) is 15.8 Å². The Morgan fingerprint density at radius 2 is 2.09 bits per heavy atom. The maximum atomic E-state index is 12.1. The normalized spacial score (nSPS) is 23.8. The van der Waals surface area contributed by atoms with Crippen molar-refractivity contribution in [1.82, 2.24) is 14.9 Å². The zero-order valence-electron chi connectivity index (χ0n) is 14.6. The van der Waals surface area contributed by atoms with Gasteiger partial charge in [-0.2, -0.15) is 0 Å². The van der Waals surface area contributed by atoms with E-state index in [9.17, 15) is 9.59 Å². The Morgan fingerprint density at radius 3 is 2.74 bits per heavy atom. The number of hydrogen-bond acceptors (Lipinski definition) is 4. The highest BCUT2D eigenvalue weighted by molar-refractivity contribution is 5.05. The van der Waals surface area contributed by atoms with E-state index < -0.39 is 5.69 Å². The lowest BCUT2D eigenvalue weighted by atomic mass is 9.88. The van der Waals surface area contributed by atoms with Gasteiger partial charge in [0.25, 0.3) is 5.56 Å². The van der Waals surface area contributed by atoms with Gasteiger partial charge in [0, 0.05) is 18.3 Å². The van der Waals surface area contributed by atoms with Crippen molar-refractivity contribution in [3.05, 3.63) is 32.6 Å². The number of aromatic amines is 1. The fourth-order valence-corrected chi connectivity index (χ4v) is 3.10. The maximum absolute atomic E-state index is 12.1. The topological polar surface area (TPSA) is 76.1 Å². The third-order valence-electron chi connectivity index (χ3n) is 5.08. The first-order valence-electron chi connectivity index (χ1n) is 8.68. The van der Waals surface area contributed by atoms with Crippen molar-refractivity contribution < 1.29 is 4.74 Å². The number of nitrogens with zero attached hydrogens (tertiary/aromatic N) is 1. The molecule has 0 radical (unpaired) electrons. The molecule has 0 spiro atoms. The first kappa shape index (κ1) is 17.9. The molecule has 1 aromatic heterocycles. The van der Waals surface area contributed by atoms with Gasteiger partial charge >= 0.3 is 5.69 Å². The van der Waals surface area contributed by atoms with Gasteiger partial charge in [-0.3, -0.25) is 14.3 Å². The summed E-state index contributed by atoms with van der Waals surface area (Å²) in [6.07, 6.45) is 4.41. The van der Waals surface area contributed by atoms with Crippen LogP contribution in [0, 0.1) is 11.8 Å². The highest BCUT2D eigenvalue weighted by Gasteiger charge is 2.33. The Morgan fingerprint density at radius 1 is 1.35 bits per heavy atom. The molecule has 6 nitrogen and oxygen atoms in total. The highest BCUT2D eigenvalue weighted by atomic mass is 16.5. The van der Waals surface area contributed by atoms with E-state index in [2.05, 4.69) is 31.1 Å². The number of nitrogens with one attached hydrogen (secondary N) is 2. The molecule has 2 rings (SSSR count). The fourth-order valence-electron chi connectivity index (χ4n) is 3.10. The summed E-state index contributed by atoms with van der Waals surface area (Å²) in [5, 5.41) is 3.12. The van der Waals surface area contributed by atoms with Crippen molar-refractivity contribution in [1.29, 1.82) is 0 Å². The van der Waals surface area contributed by atoms with Crippen LogP contribution in [-0.4, -0.2) is 22.2 Å². The van der Waals surface area contributed by atoms with E-state index in [1.807, 2.05) is 6.92 Å². The van der Waals surface area contributed by atoms with Crippen LogP contribution in [0.3, 0.4) is 0 Å². The minimum atomic E-state index is -0.392. The van der Waals surface area contributed by atoms with E-state index in [-0.39, 0.29) is 17.9 Å². The Labute approximate surface area is 137 Å². The largest absolute Gasteiger partial charge is 0.354 e. The van der Waals surface area contributed by atoms with Crippen LogP contribution < -0.4 is 16.6 Å². The lowest BCUT2D eigenvalue weighted by Gasteiger charge is -2.25. The zero-order valence-corrected chi connectivity index (χ0v) is 14.6. The second kappa shape index (κ2) is 7.93. The monoisotopic (exact) mass is 323 g/mol. The van der Waals surface area contributed by atoms with Crippen molar-refractivity contribution in [2.24, 2.45) is 11.8 Å². The molecule has 1 aliphatic heterocycles. The lowest BCUT2D eigenvalue weighted by Crippen LogP contribution is -2.35. The van der Waals surface area contributed by atoms with Crippen LogP contribution in [0.1, 0.15) is 58.7 Å². The molecule has 0 aromatic carbocycles. The molecule has 1 aromatic rings. The lowest BCUT2D eigenvalue weighted by molar-refractivity contribution is -0.0350. The molecular weight excluding hydrogens is 294 g/mol. The fraction of sp³-hybridized carbons (Fsp3) is 0.765. The number of hydrogen-bond donors (Lipinski definition) is 2. The molecule has 4 atom stereocenters. The van der Waals surface area contributed by atoms with Crippen LogP contribution in [0.5, 0.6) is 0 Å². The molecule has 130 valence electrons. The Hall–Kier alpha value is -1.40. The molecule has 2 heterocycles. The first-order chi connectivity index (χ1) is 11.0. The number of rotatable bonds is 7. The Bertz CT molecular complexity index is 622. The molecule has 4 unspecified atom stereocenters.